The molecule has 2 heterocycles. The van der Waals surface area contributed by atoms with Crippen molar-refractivity contribution in [3.8, 4) is 22.9 Å². The van der Waals surface area contributed by atoms with Crippen molar-refractivity contribution in [2.45, 2.75) is 31.1 Å². The van der Waals surface area contributed by atoms with Gasteiger partial charge in [0.1, 0.15) is 5.75 Å². The number of ether oxygens (including phenoxy) is 3. The Labute approximate surface area is 288 Å². The average molecular weight is 677 g/mol. The van der Waals surface area contributed by atoms with Gasteiger partial charge in [-0.15, -0.1) is 10.2 Å². The van der Waals surface area contributed by atoms with Crippen LogP contribution >= 0.6 is 11.8 Å². The number of benzene rings is 4. The van der Waals surface area contributed by atoms with Crippen LogP contribution in [0, 0.1) is 6.92 Å². The number of amides is 2. The highest BCUT2D eigenvalue weighted by Crippen LogP contribution is 2.35. The van der Waals surface area contributed by atoms with Crippen molar-refractivity contribution < 1.29 is 23.8 Å². The monoisotopic (exact) mass is 676 g/mol. The van der Waals surface area contributed by atoms with Gasteiger partial charge in [0.25, 0.3) is 11.8 Å². The molecule has 11 nitrogen and oxygen atoms in total. The molecule has 0 aliphatic carbocycles. The van der Waals surface area contributed by atoms with Crippen molar-refractivity contribution in [2.75, 3.05) is 27.1 Å². The van der Waals surface area contributed by atoms with E-state index in [-0.39, 0.29) is 30.2 Å². The predicted octanol–water partition coefficient (Wildman–Crippen LogP) is 6.00. The topological polar surface area (TPSA) is 120 Å². The van der Waals surface area contributed by atoms with E-state index < -0.39 is 0 Å². The second-order valence-electron chi connectivity index (χ2n) is 11.3. The number of aryl methyl sites for hydroxylation is 1. The third kappa shape index (κ3) is 7.44. The van der Waals surface area contributed by atoms with Crippen LogP contribution in [0.1, 0.15) is 45.3 Å². The molecule has 0 unspecified atom stereocenters. The van der Waals surface area contributed by atoms with Crippen LogP contribution in [-0.4, -0.2) is 64.4 Å². The average Bonchev–Trinajstić information content (AvgIpc) is 3.78. The van der Waals surface area contributed by atoms with Crippen LogP contribution in [0.25, 0.3) is 5.69 Å². The summed E-state index contributed by atoms with van der Waals surface area (Å²) in [5, 5.41) is 18.7. The highest BCUT2D eigenvalue weighted by molar-refractivity contribution is 7.99. The Balaban J connectivity index is 1.22. The van der Waals surface area contributed by atoms with Crippen molar-refractivity contribution in [3.05, 3.63) is 125 Å². The third-order valence-electron chi connectivity index (χ3n) is 8.14. The number of methoxy groups -OCH3 is 3. The van der Waals surface area contributed by atoms with Gasteiger partial charge in [-0.25, -0.2) is 5.01 Å². The number of hydrogen-bond acceptors (Lipinski definition) is 9. The minimum atomic E-state index is -0.311. The summed E-state index contributed by atoms with van der Waals surface area (Å²) in [7, 11) is 4.69. The molecule has 1 atom stereocenters. The molecule has 12 heteroatoms. The highest BCUT2D eigenvalue weighted by Gasteiger charge is 2.33. The van der Waals surface area contributed by atoms with Gasteiger partial charge in [-0.1, -0.05) is 59.8 Å². The molecule has 0 saturated heterocycles. The largest absolute Gasteiger partial charge is 0.497 e. The maximum Gasteiger partial charge on any atom is 0.253 e. The van der Waals surface area contributed by atoms with Crippen LogP contribution in [0.15, 0.2) is 107 Å². The van der Waals surface area contributed by atoms with Gasteiger partial charge in [0, 0.05) is 17.7 Å². The lowest BCUT2D eigenvalue weighted by molar-refractivity contribution is -0.130. The van der Waals surface area contributed by atoms with Gasteiger partial charge in [-0.05, 0) is 72.6 Å². The molecule has 0 saturated carbocycles. The molecule has 4 aromatic carbocycles. The van der Waals surface area contributed by atoms with E-state index in [0.717, 1.165) is 33.8 Å². The minimum Gasteiger partial charge on any atom is -0.497 e. The molecule has 1 N–H and O–H groups in total. The van der Waals surface area contributed by atoms with Crippen LogP contribution in [0.5, 0.6) is 17.2 Å². The first kappa shape index (κ1) is 33.3. The van der Waals surface area contributed by atoms with Crippen molar-refractivity contribution in [2.24, 2.45) is 5.10 Å². The molecule has 2 amide bonds. The zero-order chi connectivity index (χ0) is 34.3. The summed E-state index contributed by atoms with van der Waals surface area (Å²) in [5.74, 6) is 1.84. The van der Waals surface area contributed by atoms with E-state index in [4.69, 9.17) is 19.3 Å². The van der Waals surface area contributed by atoms with E-state index >= 15 is 0 Å². The molecule has 1 aromatic heterocycles. The molecule has 0 bridgehead atoms. The molecule has 6 rings (SSSR count). The summed E-state index contributed by atoms with van der Waals surface area (Å²) < 4.78 is 17.8. The number of para-hydroxylation sites is 1. The second kappa shape index (κ2) is 15.1. The first-order valence-electron chi connectivity index (χ1n) is 15.6. The fourth-order valence-corrected chi connectivity index (χ4v) is 6.35. The van der Waals surface area contributed by atoms with Gasteiger partial charge in [-0.3, -0.25) is 14.2 Å². The normalized spacial score (nSPS) is 13.9. The maximum atomic E-state index is 13.9. The van der Waals surface area contributed by atoms with Crippen molar-refractivity contribution in [1.82, 2.24) is 25.1 Å². The van der Waals surface area contributed by atoms with E-state index in [1.165, 1.54) is 26.0 Å². The lowest BCUT2D eigenvalue weighted by Crippen LogP contribution is -2.28. The summed E-state index contributed by atoms with van der Waals surface area (Å²) in [6.07, 6.45) is 0.579. The van der Waals surface area contributed by atoms with Crippen LogP contribution < -0.4 is 19.5 Å². The van der Waals surface area contributed by atoms with Gasteiger partial charge in [0.15, 0.2) is 22.5 Å². The lowest BCUT2D eigenvalue weighted by atomic mass is 9.97. The van der Waals surface area contributed by atoms with E-state index in [9.17, 15) is 9.59 Å². The number of hydrogen-bond donors (Lipinski definition) is 1. The Kier molecular flexibility index (Phi) is 10.2. The first-order chi connectivity index (χ1) is 23.9. The Morgan fingerprint density at radius 2 is 1.59 bits per heavy atom. The van der Waals surface area contributed by atoms with E-state index in [0.29, 0.717) is 34.5 Å². The number of nitrogens with one attached hydrogen (secondary N) is 1. The Bertz CT molecular complexity index is 1960. The molecular weight excluding hydrogens is 641 g/mol. The molecule has 0 radical (unpaired) electrons. The number of hydrazone groups is 1. The number of thioether (sulfide) groups is 1. The first-order valence-corrected chi connectivity index (χ1v) is 16.6. The summed E-state index contributed by atoms with van der Waals surface area (Å²) >= 11 is 1.27. The zero-order valence-corrected chi connectivity index (χ0v) is 28.4. The summed E-state index contributed by atoms with van der Waals surface area (Å²) in [5.41, 5.74) is 5.12. The second-order valence-corrected chi connectivity index (χ2v) is 12.2. The standard InChI is InChI=1S/C37H36N6O5S/c1-24-10-12-26(13-11-24)31-21-30(25-14-17-29(46-2)18-15-25)41-43(31)35(44)23-49-37-40-39-34(42(37)28-8-6-5-7-9-28)22-38-36(45)27-16-19-32(47-3)33(20-27)48-4/h5-20,31H,21-23H2,1-4H3,(H,38,45)/t31-/m1/s1. The fraction of sp³-hybridized carbons (Fsp3) is 0.216. The minimum absolute atomic E-state index is 0.0741. The maximum absolute atomic E-state index is 13.9. The molecule has 0 fully saturated rings. The van der Waals surface area contributed by atoms with Gasteiger partial charge >= 0.3 is 0 Å². The van der Waals surface area contributed by atoms with Crippen molar-refractivity contribution in [1.29, 1.82) is 0 Å². The van der Waals surface area contributed by atoms with E-state index in [1.807, 2.05) is 78.2 Å². The molecule has 5 aromatic rings. The number of carbonyl (C=O) groups is 2. The van der Waals surface area contributed by atoms with Gasteiger partial charge in [-0.2, -0.15) is 5.10 Å². The number of nitrogens with zero attached hydrogens (tertiary/aromatic N) is 5. The molecule has 1 aliphatic heterocycles. The Morgan fingerprint density at radius 3 is 2.29 bits per heavy atom. The zero-order valence-electron chi connectivity index (χ0n) is 27.6. The van der Waals surface area contributed by atoms with Crippen LogP contribution in [0.4, 0.5) is 0 Å². The predicted molar refractivity (Wildman–Crippen MR) is 188 cm³/mol. The van der Waals surface area contributed by atoms with Gasteiger partial charge in [0.05, 0.1) is 45.4 Å². The molecule has 49 heavy (non-hydrogen) atoms. The summed E-state index contributed by atoms with van der Waals surface area (Å²) in [6.45, 7) is 2.14. The summed E-state index contributed by atoms with van der Waals surface area (Å²) in [4.78, 5) is 27.0. The number of carbonyl (C=O) groups excluding carboxylic acids is 2. The number of aromatic nitrogens is 3. The molecular formula is C37H36N6O5S. The Hall–Kier alpha value is -5.62. The lowest BCUT2D eigenvalue weighted by Gasteiger charge is -2.22. The molecule has 1 aliphatic rings. The van der Waals surface area contributed by atoms with Crippen LogP contribution in [-0.2, 0) is 11.3 Å². The molecule has 250 valence electrons. The SMILES string of the molecule is COc1ccc(C2=NN(C(=O)CSc3nnc(CNC(=O)c4ccc(OC)c(OC)c4)n3-c3ccccc3)[C@@H](c3ccc(C)cc3)C2)cc1. The van der Waals surface area contributed by atoms with Crippen molar-refractivity contribution >= 4 is 29.3 Å². The quantitative estimate of drug-likeness (QED) is 0.160. The van der Waals surface area contributed by atoms with Gasteiger partial charge < -0.3 is 19.5 Å². The van der Waals surface area contributed by atoms with Crippen LogP contribution in [0.2, 0.25) is 0 Å². The highest BCUT2D eigenvalue weighted by atomic mass is 32.2. The van der Waals surface area contributed by atoms with Gasteiger partial charge in [0.2, 0.25) is 0 Å². The van der Waals surface area contributed by atoms with Crippen molar-refractivity contribution in [3.63, 3.8) is 0 Å². The van der Waals surface area contributed by atoms with Crippen LogP contribution in [0.3, 0.4) is 0 Å². The van der Waals surface area contributed by atoms with E-state index in [1.54, 1.807) is 30.3 Å². The smallest absolute Gasteiger partial charge is 0.253 e. The third-order valence-corrected chi connectivity index (χ3v) is 9.06. The number of rotatable bonds is 12. The molecule has 0 spiro atoms. The Morgan fingerprint density at radius 1 is 0.857 bits per heavy atom. The summed E-state index contributed by atoms with van der Waals surface area (Å²) in [6, 6.07) is 30.2. The fourth-order valence-electron chi connectivity index (χ4n) is 5.52. The van der Waals surface area contributed by atoms with E-state index in [2.05, 4.69) is 27.6 Å².